The summed E-state index contributed by atoms with van der Waals surface area (Å²) in [5.41, 5.74) is 0.910. The molecule has 1 aromatic rings. The molecule has 4 rings (SSSR count). The number of carbonyl (C=O) groups is 4. The minimum absolute atomic E-state index is 0.180. The van der Waals surface area contributed by atoms with Crippen LogP contribution in [0.1, 0.15) is 37.3 Å². The zero-order chi connectivity index (χ0) is 26.7. The summed E-state index contributed by atoms with van der Waals surface area (Å²) in [7, 11) is 0. The fraction of sp³-hybridized carbons (Fsp3) is 0.391. The number of amides is 1. The summed E-state index contributed by atoms with van der Waals surface area (Å²) in [5, 5.41) is 54.9. The van der Waals surface area contributed by atoms with Gasteiger partial charge in [0.15, 0.2) is 11.4 Å². The molecule has 1 aromatic carbocycles. The second kappa shape index (κ2) is 9.23. The maximum absolute atomic E-state index is 13.6. The Hall–Kier alpha value is -2.84. The number of aliphatic hydroxyl groups is 4. The van der Waals surface area contributed by atoms with Crippen LogP contribution < -0.4 is 5.73 Å². The van der Waals surface area contributed by atoms with Crippen LogP contribution in [0.5, 0.6) is 5.75 Å². The number of primary amides is 1. The maximum Gasteiger partial charge on any atom is 0.277 e. The summed E-state index contributed by atoms with van der Waals surface area (Å²) in [4.78, 5) is 50.5. The van der Waals surface area contributed by atoms with E-state index in [0.29, 0.717) is 16.9 Å². The molecular weight excluding hydrogens is 514 g/mol. The molecule has 0 bridgehead atoms. The molecular formula is C23H23NO10S2. The Kier molecular flexibility index (Phi) is 6.73. The number of phenolic OH excluding ortho intramolecular Hbond substituents is 1. The van der Waals surface area contributed by atoms with Gasteiger partial charge in [-0.3, -0.25) is 19.2 Å². The Morgan fingerprint density at radius 2 is 1.89 bits per heavy atom. The highest BCUT2D eigenvalue weighted by molar-refractivity contribution is 8.36. The third kappa shape index (κ3) is 3.65. The number of thioether (sulfide) groups is 1. The Labute approximate surface area is 213 Å². The Bertz CT molecular complexity index is 1270. The van der Waals surface area contributed by atoms with Crippen LogP contribution in [0.3, 0.4) is 0 Å². The van der Waals surface area contributed by atoms with Crippen LogP contribution >= 0.6 is 23.8 Å². The molecule has 0 aliphatic heterocycles. The number of rotatable bonds is 4. The minimum Gasteiger partial charge on any atom is -0.508 e. The lowest BCUT2D eigenvalue weighted by molar-refractivity contribution is -0.160. The number of fused-ring (bicyclic) bond motifs is 3. The van der Waals surface area contributed by atoms with Crippen molar-refractivity contribution in [2.75, 3.05) is 6.61 Å². The zero-order valence-electron chi connectivity index (χ0n) is 19.0. The Balaban J connectivity index is 1.92. The molecule has 1 amide bonds. The second-order valence-electron chi connectivity index (χ2n) is 8.70. The molecule has 0 radical (unpaired) electrons. The number of benzene rings is 1. The normalized spacial score (nSPS) is 29.6. The van der Waals surface area contributed by atoms with Gasteiger partial charge in [0.25, 0.3) is 10.4 Å². The fourth-order valence-corrected chi connectivity index (χ4v) is 6.82. The maximum atomic E-state index is 13.6. The van der Waals surface area contributed by atoms with E-state index in [-0.39, 0.29) is 17.7 Å². The number of Topliss-reactive ketones (excluding diaryl/α,β-unsaturated/α-hetero) is 2. The quantitative estimate of drug-likeness (QED) is 0.185. The first-order valence-electron chi connectivity index (χ1n) is 10.9. The smallest absolute Gasteiger partial charge is 0.277 e. The van der Waals surface area contributed by atoms with E-state index in [1.165, 1.54) is 12.1 Å². The lowest BCUT2D eigenvalue weighted by Gasteiger charge is -2.50. The molecule has 3 aliphatic carbocycles. The third-order valence-corrected chi connectivity index (χ3v) is 8.56. The van der Waals surface area contributed by atoms with Gasteiger partial charge in [-0.1, -0.05) is 6.92 Å². The minimum atomic E-state index is -2.90. The van der Waals surface area contributed by atoms with Gasteiger partial charge in [-0.25, -0.2) is 0 Å². The molecule has 5 atom stereocenters. The topological polar surface area (TPSA) is 205 Å². The highest BCUT2D eigenvalue weighted by Crippen LogP contribution is 2.57. The summed E-state index contributed by atoms with van der Waals surface area (Å²) in [6, 6.07) is 2.66. The molecule has 7 N–H and O–H groups in total. The molecule has 0 unspecified atom stereocenters. The Morgan fingerprint density at radius 3 is 2.50 bits per heavy atom. The van der Waals surface area contributed by atoms with Crippen LogP contribution in [0.25, 0.3) is 5.76 Å². The van der Waals surface area contributed by atoms with Gasteiger partial charge in [0.1, 0.15) is 22.8 Å². The molecule has 1 fully saturated rings. The number of hydrogen-bond donors (Lipinski definition) is 6. The second-order valence-corrected chi connectivity index (χ2v) is 10.7. The lowest BCUT2D eigenvalue weighted by atomic mass is 9.55. The average molecular weight is 538 g/mol. The molecule has 13 heteroatoms. The number of carbonyl (C=O) groups excluding carboxylic acids is 4. The van der Waals surface area contributed by atoms with Crippen molar-refractivity contribution in [3.63, 3.8) is 0 Å². The van der Waals surface area contributed by atoms with Gasteiger partial charge < -0.3 is 35.4 Å². The van der Waals surface area contributed by atoms with E-state index in [1.54, 1.807) is 13.8 Å². The van der Waals surface area contributed by atoms with Gasteiger partial charge in [0, 0.05) is 28.7 Å². The predicted octanol–water partition coefficient (Wildman–Crippen LogP) is 1.85. The van der Waals surface area contributed by atoms with E-state index < -0.39 is 86.2 Å². The SMILES string of the molecule is CCOSC(=O)Sc1ccc(O)c2c1[C@@H](C)[C@@H]1C(=C2O)C(=O)[C@]2(O)C(O)=C(C(N)=O)C(=O)C[C@@H]2[C@H]1O. The van der Waals surface area contributed by atoms with E-state index in [9.17, 15) is 44.7 Å². The number of nitrogens with two attached hydrogens (primary N) is 1. The van der Waals surface area contributed by atoms with Crippen molar-refractivity contribution in [3.05, 3.63) is 40.2 Å². The molecule has 1 saturated carbocycles. The molecule has 0 aromatic heterocycles. The number of hydrogen-bond acceptors (Lipinski definition) is 12. The van der Waals surface area contributed by atoms with E-state index in [4.69, 9.17) is 9.92 Å². The summed E-state index contributed by atoms with van der Waals surface area (Å²) >= 11 is 1.38. The van der Waals surface area contributed by atoms with Crippen LogP contribution in [-0.2, 0) is 18.6 Å². The molecule has 11 nitrogen and oxygen atoms in total. The van der Waals surface area contributed by atoms with Gasteiger partial charge in [0.05, 0.1) is 30.3 Å². The van der Waals surface area contributed by atoms with Gasteiger partial charge >= 0.3 is 0 Å². The van der Waals surface area contributed by atoms with E-state index in [1.807, 2.05) is 0 Å². The van der Waals surface area contributed by atoms with E-state index in [2.05, 4.69) is 0 Å². The highest BCUT2D eigenvalue weighted by Gasteiger charge is 2.65. The van der Waals surface area contributed by atoms with Crippen LogP contribution in [0.15, 0.2) is 33.9 Å². The summed E-state index contributed by atoms with van der Waals surface area (Å²) in [6.45, 7) is 3.58. The van der Waals surface area contributed by atoms with E-state index >= 15 is 0 Å². The Morgan fingerprint density at radius 1 is 1.22 bits per heavy atom. The first kappa shape index (κ1) is 26.2. The average Bonchev–Trinajstić information content (AvgIpc) is 2.81. The van der Waals surface area contributed by atoms with Crippen LogP contribution in [-0.4, -0.2) is 65.8 Å². The van der Waals surface area contributed by atoms with Gasteiger partial charge in [-0.2, -0.15) is 0 Å². The van der Waals surface area contributed by atoms with Crippen molar-refractivity contribution >= 4 is 51.5 Å². The molecule has 0 saturated heterocycles. The van der Waals surface area contributed by atoms with Crippen molar-refractivity contribution < 1.29 is 48.9 Å². The number of phenols is 1. The monoisotopic (exact) mass is 537 g/mol. The van der Waals surface area contributed by atoms with Gasteiger partial charge in [-0.15, -0.1) is 0 Å². The fourth-order valence-electron chi connectivity index (χ4n) is 5.34. The van der Waals surface area contributed by atoms with Crippen molar-refractivity contribution in [1.29, 1.82) is 0 Å². The number of aromatic hydroxyl groups is 1. The molecule has 36 heavy (non-hydrogen) atoms. The van der Waals surface area contributed by atoms with Crippen molar-refractivity contribution in [2.45, 2.75) is 42.8 Å². The largest absolute Gasteiger partial charge is 0.508 e. The third-order valence-electron chi connectivity index (χ3n) is 6.88. The number of ketones is 2. The summed E-state index contributed by atoms with van der Waals surface area (Å²) in [6.07, 6.45) is -2.32. The summed E-state index contributed by atoms with van der Waals surface area (Å²) in [5.74, 6) is -9.55. The lowest BCUT2D eigenvalue weighted by Crippen LogP contribution is -2.63. The van der Waals surface area contributed by atoms with Crippen molar-refractivity contribution in [2.24, 2.45) is 17.6 Å². The predicted molar refractivity (Wildman–Crippen MR) is 128 cm³/mol. The van der Waals surface area contributed by atoms with Crippen LogP contribution in [0, 0.1) is 11.8 Å². The standard InChI is InChI=1S/C23H23NO10S2/c1-3-34-36-22(32)35-11-5-4-9(25)14-12(11)7(2)13-16(18(14)28)20(30)23(33)8(17(13)27)6-10(26)15(19(23)29)21(24)31/h4-5,7-8,13,17,25,27-29,33H,3,6H2,1-2H3,(H2,24,31)/t7-,8-,13-,17-,23-/m1/s1. The van der Waals surface area contributed by atoms with Crippen LogP contribution in [0.2, 0.25) is 0 Å². The molecule has 192 valence electrons. The van der Waals surface area contributed by atoms with Gasteiger partial charge in [-0.05, 0) is 42.3 Å². The van der Waals surface area contributed by atoms with Crippen LogP contribution in [0.4, 0.5) is 4.79 Å². The van der Waals surface area contributed by atoms with Crippen molar-refractivity contribution in [3.8, 4) is 5.75 Å². The first-order chi connectivity index (χ1) is 16.9. The first-order valence-corrected chi connectivity index (χ1v) is 12.5. The zero-order valence-corrected chi connectivity index (χ0v) is 20.7. The molecule has 3 aliphatic rings. The summed E-state index contributed by atoms with van der Waals surface area (Å²) < 4.78 is 4.61. The molecule has 0 spiro atoms. The van der Waals surface area contributed by atoms with Crippen molar-refractivity contribution in [1.82, 2.24) is 0 Å². The van der Waals surface area contributed by atoms with E-state index in [0.717, 1.165) is 11.8 Å². The van der Waals surface area contributed by atoms with Gasteiger partial charge in [0.2, 0.25) is 5.78 Å². The highest BCUT2D eigenvalue weighted by atomic mass is 32.2. The molecule has 0 heterocycles. The number of aliphatic hydroxyl groups excluding tert-OH is 3.